The van der Waals surface area contributed by atoms with Crippen molar-refractivity contribution >= 4 is 18.0 Å². The largest absolute Gasteiger partial charge is 0.493 e. The summed E-state index contributed by atoms with van der Waals surface area (Å²) in [5.41, 5.74) is 0.416. The Morgan fingerprint density at radius 1 is 1.26 bits per heavy atom. The summed E-state index contributed by atoms with van der Waals surface area (Å²) in [4.78, 5) is 23.1. The van der Waals surface area contributed by atoms with Crippen molar-refractivity contribution in [2.45, 2.75) is 26.2 Å². The first kappa shape index (κ1) is 18.2. The highest BCUT2D eigenvalue weighted by Gasteiger charge is 2.12. The molecule has 0 unspecified atom stereocenters. The SMILES string of the molecule is CCCCC(=O)Oc1ccc(/C=C(\C#N)C(=O)OC)cc1OC. The number of hydrogen-bond donors (Lipinski definition) is 0. The minimum atomic E-state index is -0.721. The van der Waals surface area contributed by atoms with Crippen LogP contribution in [0, 0.1) is 11.3 Å². The molecule has 1 aromatic rings. The molecule has 0 N–H and O–H groups in total. The summed E-state index contributed by atoms with van der Waals surface area (Å²) in [6, 6.07) is 6.51. The molecular formula is C17H19NO5. The molecule has 0 aromatic heterocycles. The summed E-state index contributed by atoms with van der Waals surface area (Å²) in [6.45, 7) is 1.99. The van der Waals surface area contributed by atoms with Crippen molar-refractivity contribution < 1.29 is 23.8 Å². The van der Waals surface area contributed by atoms with E-state index in [1.807, 2.05) is 6.92 Å². The van der Waals surface area contributed by atoms with Crippen molar-refractivity contribution in [3.63, 3.8) is 0 Å². The Morgan fingerprint density at radius 3 is 2.57 bits per heavy atom. The number of rotatable bonds is 7. The first-order chi connectivity index (χ1) is 11.0. The number of carbonyl (C=O) groups excluding carboxylic acids is 2. The van der Waals surface area contributed by atoms with E-state index in [0.717, 1.165) is 12.8 Å². The lowest BCUT2D eigenvalue weighted by Crippen LogP contribution is -2.08. The number of ether oxygens (including phenoxy) is 3. The van der Waals surface area contributed by atoms with Crippen LogP contribution in [0.25, 0.3) is 6.08 Å². The summed E-state index contributed by atoms with van der Waals surface area (Å²) in [5, 5.41) is 8.95. The summed E-state index contributed by atoms with van der Waals surface area (Å²) in [5.74, 6) is -0.421. The van der Waals surface area contributed by atoms with Crippen LogP contribution < -0.4 is 9.47 Å². The molecule has 0 spiro atoms. The molecule has 0 aliphatic heterocycles. The monoisotopic (exact) mass is 317 g/mol. The molecule has 0 fully saturated rings. The van der Waals surface area contributed by atoms with E-state index in [2.05, 4.69) is 4.74 Å². The van der Waals surface area contributed by atoms with Gasteiger partial charge in [0, 0.05) is 6.42 Å². The van der Waals surface area contributed by atoms with Gasteiger partial charge in [-0.1, -0.05) is 19.4 Å². The van der Waals surface area contributed by atoms with E-state index in [1.165, 1.54) is 20.3 Å². The van der Waals surface area contributed by atoms with E-state index in [0.29, 0.717) is 23.5 Å². The maximum absolute atomic E-state index is 11.7. The van der Waals surface area contributed by atoms with Crippen LogP contribution in [0.1, 0.15) is 31.7 Å². The van der Waals surface area contributed by atoms with Crippen molar-refractivity contribution in [1.82, 2.24) is 0 Å². The van der Waals surface area contributed by atoms with Crippen LogP contribution in [-0.4, -0.2) is 26.2 Å². The molecule has 0 aliphatic carbocycles. The molecule has 0 saturated heterocycles. The number of benzene rings is 1. The Labute approximate surface area is 135 Å². The van der Waals surface area contributed by atoms with Crippen LogP contribution in [0.4, 0.5) is 0 Å². The van der Waals surface area contributed by atoms with Gasteiger partial charge in [0.2, 0.25) is 0 Å². The Morgan fingerprint density at radius 2 is 2.00 bits per heavy atom. The molecule has 0 bridgehead atoms. The van der Waals surface area contributed by atoms with E-state index in [9.17, 15) is 9.59 Å². The molecule has 0 atom stereocenters. The molecule has 0 amide bonds. The molecule has 0 radical (unpaired) electrons. The topological polar surface area (TPSA) is 85.6 Å². The minimum absolute atomic E-state index is 0.137. The zero-order chi connectivity index (χ0) is 17.2. The Kier molecular flexibility index (Phi) is 7.34. The second kappa shape index (κ2) is 9.26. The summed E-state index contributed by atoms with van der Waals surface area (Å²) >= 11 is 0. The summed E-state index contributed by atoms with van der Waals surface area (Å²) in [6.07, 6.45) is 3.37. The smallest absolute Gasteiger partial charge is 0.348 e. The van der Waals surface area contributed by atoms with Crippen molar-refractivity contribution in [2.24, 2.45) is 0 Å². The van der Waals surface area contributed by atoms with Crippen molar-refractivity contribution in [3.8, 4) is 17.6 Å². The van der Waals surface area contributed by atoms with Crippen LogP contribution in [0.3, 0.4) is 0 Å². The molecule has 0 heterocycles. The molecule has 23 heavy (non-hydrogen) atoms. The highest BCUT2D eigenvalue weighted by atomic mass is 16.6. The standard InChI is InChI=1S/C17H19NO5/c1-4-5-6-16(19)23-14-8-7-12(10-15(14)21-2)9-13(11-18)17(20)22-3/h7-10H,4-6H2,1-3H3/b13-9+. The summed E-state index contributed by atoms with van der Waals surface area (Å²) in [7, 11) is 2.64. The van der Waals surface area contributed by atoms with E-state index in [4.69, 9.17) is 14.7 Å². The lowest BCUT2D eigenvalue weighted by Gasteiger charge is -2.10. The normalized spacial score (nSPS) is 10.6. The van der Waals surface area contributed by atoms with Gasteiger partial charge in [0.15, 0.2) is 11.5 Å². The fourth-order valence-corrected chi connectivity index (χ4v) is 1.77. The molecular weight excluding hydrogens is 298 g/mol. The van der Waals surface area contributed by atoms with Gasteiger partial charge >= 0.3 is 11.9 Å². The molecule has 6 heteroatoms. The van der Waals surface area contributed by atoms with Gasteiger partial charge in [0.25, 0.3) is 0 Å². The zero-order valence-corrected chi connectivity index (χ0v) is 13.4. The number of unbranched alkanes of at least 4 members (excludes halogenated alkanes) is 1. The summed E-state index contributed by atoms with van der Waals surface area (Å²) < 4.78 is 15.0. The number of nitrogens with zero attached hydrogens (tertiary/aromatic N) is 1. The average molecular weight is 317 g/mol. The van der Waals surface area contributed by atoms with E-state index in [1.54, 1.807) is 24.3 Å². The van der Waals surface area contributed by atoms with Gasteiger partial charge < -0.3 is 14.2 Å². The van der Waals surface area contributed by atoms with Crippen molar-refractivity contribution in [3.05, 3.63) is 29.3 Å². The van der Waals surface area contributed by atoms with Gasteiger partial charge in [-0.05, 0) is 30.2 Å². The highest BCUT2D eigenvalue weighted by Crippen LogP contribution is 2.29. The van der Waals surface area contributed by atoms with Gasteiger partial charge in [-0.15, -0.1) is 0 Å². The lowest BCUT2D eigenvalue weighted by molar-refractivity contribution is -0.136. The maximum atomic E-state index is 11.7. The van der Waals surface area contributed by atoms with E-state index in [-0.39, 0.29) is 11.5 Å². The Hall–Kier alpha value is -2.81. The predicted octanol–water partition coefficient (Wildman–Crippen LogP) is 2.87. The minimum Gasteiger partial charge on any atom is -0.493 e. The van der Waals surface area contributed by atoms with Gasteiger partial charge in [-0.3, -0.25) is 4.79 Å². The van der Waals surface area contributed by atoms with Crippen LogP contribution >= 0.6 is 0 Å². The molecule has 1 rings (SSSR count). The lowest BCUT2D eigenvalue weighted by atomic mass is 10.1. The number of methoxy groups -OCH3 is 2. The van der Waals surface area contributed by atoms with Gasteiger partial charge in [-0.2, -0.15) is 5.26 Å². The fraction of sp³-hybridized carbons (Fsp3) is 0.353. The number of hydrogen-bond acceptors (Lipinski definition) is 6. The highest BCUT2D eigenvalue weighted by molar-refractivity contribution is 5.97. The van der Waals surface area contributed by atoms with Crippen LogP contribution in [0.2, 0.25) is 0 Å². The number of nitriles is 1. The Balaban J connectivity index is 3.00. The average Bonchev–Trinajstić information content (AvgIpc) is 2.58. The third kappa shape index (κ3) is 5.47. The molecule has 0 aliphatic rings. The first-order valence-corrected chi connectivity index (χ1v) is 7.14. The second-order valence-electron chi connectivity index (χ2n) is 4.65. The molecule has 6 nitrogen and oxygen atoms in total. The van der Waals surface area contributed by atoms with E-state index >= 15 is 0 Å². The fourth-order valence-electron chi connectivity index (χ4n) is 1.77. The van der Waals surface area contributed by atoms with Crippen molar-refractivity contribution in [2.75, 3.05) is 14.2 Å². The Bertz CT molecular complexity index is 643. The van der Waals surface area contributed by atoms with Gasteiger partial charge in [0.05, 0.1) is 14.2 Å². The number of carbonyl (C=O) groups is 2. The van der Waals surface area contributed by atoms with Crippen LogP contribution in [-0.2, 0) is 14.3 Å². The van der Waals surface area contributed by atoms with Crippen LogP contribution in [0.15, 0.2) is 23.8 Å². The van der Waals surface area contributed by atoms with Crippen molar-refractivity contribution in [1.29, 1.82) is 5.26 Å². The zero-order valence-electron chi connectivity index (χ0n) is 13.4. The molecule has 0 saturated carbocycles. The molecule has 122 valence electrons. The van der Waals surface area contributed by atoms with Crippen LogP contribution in [0.5, 0.6) is 11.5 Å². The number of esters is 2. The first-order valence-electron chi connectivity index (χ1n) is 7.14. The predicted molar refractivity (Wildman–Crippen MR) is 83.8 cm³/mol. The van der Waals surface area contributed by atoms with Gasteiger partial charge in [0.1, 0.15) is 11.6 Å². The van der Waals surface area contributed by atoms with Gasteiger partial charge in [-0.25, -0.2) is 4.79 Å². The molecule has 1 aromatic carbocycles. The second-order valence-corrected chi connectivity index (χ2v) is 4.65. The van der Waals surface area contributed by atoms with E-state index < -0.39 is 5.97 Å². The third-order valence-electron chi connectivity index (χ3n) is 2.98. The quantitative estimate of drug-likeness (QED) is 0.333. The maximum Gasteiger partial charge on any atom is 0.348 e. The third-order valence-corrected chi connectivity index (χ3v) is 2.98.